The Morgan fingerprint density at radius 2 is 2.00 bits per heavy atom. The number of carbonyl (C=O) groups excluding carboxylic acids is 2. The van der Waals surface area contributed by atoms with E-state index in [9.17, 15) is 9.59 Å². The van der Waals surface area contributed by atoms with Crippen molar-refractivity contribution in [2.24, 2.45) is 4.99 Å². The Balaban J connectivity index is 2.55. The fourth-order valence-corrected chi connectivity index (χ4v) is 2.78. The van der Waals surface area contributed by atoms with Crippen molar-refractivity contribution in [1.29, 1.82) is 0 Å². The molecule has 2 rings (SSSR count). The van der Waals surface area contributed by atoms with Gasteiger partial charge >= 0.3 is 12.1 Å². The minimum atomic E-state index is -0.657. The molecule has 0 spiro atoms. The van der Waals surface area contributed by atoms with Crippen LogP contribution in [0.25, 0.3) is 0 Å². The highest BCUT2D eigenvalue weighted by Crippen LogP contribution is 2.15. The van der Waals surface area contributed by atoms with E-state index in [4.69, 9.17) is 4.74 Å². The van der Waals surface area contributed by atoms with Crippen LogP contribution in [0.3, 0.4) is 0 Å². The second kappa shape index (κ2) is 7.59. The number of carbonyl (C=O) groups is 2. The molecule has 1 aromatic carbocycles. The molecule has 1 aromatic heterocycles. The molecule has 2 aromatic rings. The standard InChI is InChI=1S/C15H17N3O4S/c1-4-22-13(19)12-10(2)18(17-15(20)21-3)14(23-12)16-11-8-6-5-7-9-11/h5-9H,4H2,1-3H3,(H,17,20). The van der Waals surface area contributed by atoms with Gasteiger partial charge in [0.2, 0.25) is 4.80 Å². The van der Waals surface area contributed by atoms with E-state index >= 15 is 0 Å². The molecule has 1 heterocycles. The zero-order valence-corrected chi connectivity index (χ0v) is 13.8. The van der Waals surface area contributed by atoms with Crippen molar-refractivity contribution in [2.45, 2.75) is 13.8 Å². The zero-order valence-electron chi connectivity index (χ0n) is 13.0. The number of nitrogens with one attached hydrogen (secondary N) is 1. The third kappa shape index (κ3) is 3.98. The lowest BCUT2D eigenvalue weighted by atomic mass is 10.3. The summed E-state index contributed by atoms with van der Waals surface area (Å²) in [5.41, 5.74) is 3.75. The molecule has 0 unspecified atom stereocenters. The van der Waals surface area contributed by atoms with E-state index in [0.717, 1.165) is 11.3 Å². The highest BCUT2D eigenvalue weighted by atomic mass is 32.1. The van der Waals surface area contributed by atoms with Crippen molar-refractivity contribution < 1.29 is 19.1 Å². The molecule has 0 aliphatic heterocycles. The first-order valence-electron chi connectivity index (χ1n) is 6.91. The summed E-state index contributed by atoms with van der Waals surface area (Å²) in [5, 5.41) is 0. The maximum atomic E-state index is 12.0. The summed E-state index contributed by atoms with van der Waals surface area (Å²) in [4.78, 5) is 28.8. The van der Waals surface area contributed by atoms with Crippen molar-refractivity contribution in [3.8, 4) is 0 Å². The Morgan fingerprint density at radius 1 is 1.30 bits per heavy atom. The van der Waals surface area contributed by atoms with Gasteiger partial charge in [-0.05, 0) is 26.0 Å². The van der Waals surface area contributed by atoms with Crippen LogP contribution in [0.2, 0.25) is 0 Å². The number of methoxy groups -OCH3 is 1. The number of amides is 1. The second-order valence-electron chi connectivity index (χ2n) is 4.41. The highest BCUT2D eigenvalue weighted by molar-refractivity contribution is 7.11. The molecule has 0 saturated carbocycles. The number of hydrogen-bond acceptors (Lipinski definition) is 6. The molecule has 122 valence electrons. The third-order valence-electron chi connectivity index (χ3n) is 2.88. The number of ether oxygens (including phenoxy) is 2. The van der Waals surface area contributed by atoms with Crippen LogP contribution in [-0.2, 0) is 9.47 Å². The first-order valence-corrected chi connectivity index (χ1v) is 7.72. The quantitative estimate of drug-likeness (QED) is 0.871. The lowest BCUT2D eigenvalue weighted by Gasteiger charge is -2.07. The average molecular weight is 335 g/mol. The van der Waals surface area contributed by atoms with Crippen LogP contribution in [-0.4, -0.2) is 30.5 Å². The first-order chi connectivity index (χ1) is 11.1. The Hall–Kier alpha value is -2.61. The smallest absolute Gasteiger partial charge is 0.426 e. The van der Waals surface area contributed by atoms with Gasteiger partial charge in [0.1, 0.15) is 4.88 Å². The highest BCUT2D eigenvalue weighted by Gasteiger charge is 2.19. The SMILES string of the molecule is CCOC(=O)c1sc(=Nc2ccccc2)n(NC(=O)OC)c1C. The molecule has 1 N–H and O–H groups in total. The maximum absolute atomic E-state index is 12.0. The van der Waals surface area contributed by atoms with E-state index in [0.29, 0.717) is 21.1 Å². The molecular weight excluding hydrogens is 318 g/mol. The van der Waals surface area contributed by atoms with Crippen molar-refractivity contribution in [1.82, 2.24) is 4.68 Å². The van der Waals surface area contributed by atoms with Gasteiger partial charge in [-0.1, -0.05) is 29.5 Å². The summed E-state index contributed by atoms with van der Waals surface area (Å²) in [6, 6.07) is 9.22. The predicted octanol–water partition coefficient (Wildman–Crippen LogP) is 2.58. The molecule has 1 amide bonds. The molecular formula is C15H17N3O4S. The van der Waals surface area contributed by atoms with Crippen LogP contribution in [0, 0.1) is 6.92 Å². The largest absolute Gasteiger partial charge is 0.462 e. The van der Waals surface area contributed by atoms with Gasteiger partial charge in [0.15, 0.2) is 0 Å². The van der Waals surface area contributed by atoms with Gasteiger partial charge in [0.05, 0.1) is 25.1 Å². The summed E-state index contributed by atoms with van der Waals surface area (Å²) < 4.78 is 11.1. The zero-order chi connectivity index (χ0) is 16.8. The summed E-state index contributed by atoms with van der Waals surface area (Å²) in [6.07, 6.45) is -0.657. The summed E-state index contributed by atoms with van der Waals surface area (Å²) in [6.45, 7) is 3.70. The van der Waals surface area contributed by atoms with Gasteiger partial charge in [-0.2, -0.15) is 0 Å². The number of aromatic nitrogens is 1. The lowest BCUT2D eigenvalue weighted by molar-refractivity contribution is 0.0530. The minimum Gasteiger partial charge on any atom is -0.462 e. The lowest BCUT2D eigenvalue weighted by Crippen LogP contribution is -2.31. The number of esters is 1. The predicted molar refractivity (Wildman–Crippen MR) is 86.4 cm³/mol. The Bertz CT molecular complexity index is 765. The van der Waals surface area contributed by atoms with Gasteiger partial charge in [0.25, 0.3) is 0 Å². The van der Waals surface area contributed by atoms with Crippen LogP contribution in [0.5, 0.6) is 0 Å². The van der Waals surface area contributed by atoms with Crippen LogP contribution in [0.4, 0.5) is 10.5 Å². The molecule has 0 aliphatic rings. The molecule has 0 atom stereocenters. The molecule has 7 nitrogen and oxygen atoms in total. The van der Waals surface area contributed by atoms with E-state index < -0.39 is 12.1 Å². The number of thiazole rings is 1. The van der Waals surface area contributed by atoms with E-state index in [1.165, 1.54) is 11.8 Å². The number of hydrogen-bond donors (Lipinski definition) is 1. The summed E-state index contributed by atoms with van der Waals surface area (Å²) in [5.74, 6) is -0.454. The van der Waals surface area contributed by atoms with Crippen LogP contribution in [0.15, 0.2) is 35.3 Å². The Labute approximate surface area is 137 Å². The van der Waals surface area contributed by atoms with Crippen LogP contribution in [0.1, 0.15) is 22.3 Å². The normalized spacial score (nSPS) is 11.2. The van der Waals surface area contributed by atoms with E-state index in [2.05, 4.69) is 15.2 Å². The van der Waals surface area contributed by atoms with E-state index in [-0.39, 0.29) is 6.61 Å². The van der Waals surface area contributed by atoms with Crippen molar-refractivity contribution in [2.75, 3.05) is 19.1 Å². The van der Waals surface area contributed by atoms with Crippen LogP contribution >= 0.6 is 11.3 Å². The molecule has 23 heavy (non-hydrogen) atoms. The van der Waals surface area contributed by atoms with E-state index in [1.807, 2.05) is 30.3 Å². The monoisotopic (exact) mass is 335 g/mol. The number of benzene rings is 1. The second-order valence-corrected chi connectivity index (χ2v) is 5.38. The van der Waals surface area contributed by atoms with Gasteiger partial charge in [-0.25, -0.2) is 24.7 Å². The minimum absolute atomic E-state index is 0.270. The van der Waals surface area contributed by atoms with Gasteiger partial charge in [-0.15, -0.1) is 0 Å². The average Bonchev–Trinajstić information content (AvgIpc) is 2.85. The third-order valence-corrected chi connectivity index (χ3v) is 4.00. The topological polar surface area (TPSA) is 81.9 Å². The first kappa shape index (κ1) is 16.8. The molecule has 0 saturated heterocycles. The fourth-order valence-electron chi connectivity index (χ4n) is 1.80. The number of nitrogens with zero attached hydrogens (tertiary/aromatic N) is 2. The Morgan fingerprint density at radius 3 is 2.61 bits per heavy atom. The molecule has 8 heteroatoms. The van der Waals surface area contributed by atoms with E-state index in [1.54, 1.807) is 13.8 Å². The molecule has 0 bridgehead atoms. The summed E-state index contributed by atoms with van der Waals surface area (Å²) in [7, 11) is 1.26. The van der Waals surface area contributed by atoms with Gasteiger partial charge in [0, 0.05) is 0 Å². The summed E-state index contributed by atoms with van der Waals surface area (Å²) >= 11 is 1.13. The van der Waals surface area contributed by atoms with Crippen molar-refractivity contribution in [3.63, 3.8) is 0 Å². The van der Waals surface area contributed by atoms with Crippen molar-refractivity contribution in [3.05, 3.63) is 45.7 Å². The van der Waals surface area contributed by atoms with Crippen molar-refractivity contribution >= 4 is 29.1 Å². The maximum Gasteiger partial charge on any atom is 0.426 e. The molecule has 0 radical (unpaired) electrons. The Kier molecular flexibility index (Phi) is 5.53. The number of rotatable bonds is 4. The molecule has 0 fully saturated rings. The van der Waals surface area contributed by atoms with Gasteiger partial charge < -0.3 is 9.47 Å². The van der Waals surface area contributed by atoms with Gasteiger partial charge in [-0.3, -0.25) is 0 Å². The number of para-hydroxylation sites is 1. The van der Waals surface area contributed by atoms with Crippen LogP contribution < -0.4 is 10.2 Å². The fraction of sp³-hybridized carbons (Fsp3) is 0.267. The molecule has 0 aliphatic carbocycles.